The van der Waals surface area contributed by atoms with Crippen LogP contribution in [0.5, 0.6) is 11.5 Å². The number of nitrogens with zero attached hydrogens (tertiary/aromatic N) is 4. The fourth-order valence-corrected chi connectivity index (χ4v) is 11.3. The van der Waals surface area contributed by atoms with Gasteiger partial charge in [0.15, 0.2) is 21.3 Å². The van der Waals surface area contributed by atoms with Crippen molar-refractivity contribution in [2.75, 3.05) is 34.1 Å². The first-order valence-electron chi connectivity index (χ1n) is 16.8. The van der Waals surface area contributed by atoms with Crippen molar-refractivity contribution < 1.29 is 51.3 Å². The molecule has 1 aromatic rings. The largest absolute Gasteiger partial charge is 0.496 e. The van der Waals surface area contributed by atoms with Crippen LogP contribution in [0.2, 0.25) is 0 Å². The van der Waals surface area contributed by atoms with Crippen LogP contribution in [0.15, 0.2) is 23.2 Å². The summed E-state index contributed by atoms with van der Waals surface area (Å²) in [4.78, 5) is 75.5. The Morgan fingerprint density at radius 2 is 1.51 bits per heavy atom. The van der Waals surface area contributed by atoms with Gasteiger partial charge in [-0.3, -0.25) is 19.4 Å². The second-order valence-electron chi connectivity index (χ2n) is 14.1. The Kier molecular flexibility index (Phi) is 9.71. The van der Waals surface area contributed by atoms with Gasteiger partial charge < -0.3 is 39.0 Å². The van der Waals surface area contributed by atoms with Crippen molar-refractivity contribution in [3.8, 4) is 11.5 Å². The number of β-lactam (4-membered cyclic amide) rings is 2. The first kappa shape index (κ1) is 36.7. The molecule has 18 heteroatoms. The van der Waals surface area contributed by atoms with Gasteiger partial charge in [-0.1, -0.05) is 18.9 Å². The van der Waals surface area contributed by atoms with Crippen LogP contribution in [0.1, 0.15) is 63.7 Å². The molecular formula is C33H43N5O11S2. The number of nitrogens with one attached hydrogen (secondary N) is 1. The monoisotopic (exact) mass is 749 g/mol. The third-order valence-electron chi connectivity index (χ3n) is 10.3. The third-order valence-corrected chi connectivity index (χ3v) is 14.7. The molecule has 0 radical (unpaired) electrons. The average Bonchev–Trinajstić information content (AvgIpc) is 3.24. The SMILES string of the molecule is COc1cccc(OC)c1C(=O)NC1C(=O)N2[C@@H](C(=O)OCOC(=O)[C@@H]3N4C(=O)C(N=CN5CCCCCC5)[C@H]4SC3(C)C)C(C)(C)S(=O)(=O)[C@H]12. The van der Waals surface area contributed by atoms with Crippen molar-refractivity contribution in [1.29, 1.82) is 0 Å². The molecule has 5 fully saturated rings. The van der Waals surface area contributed by atoms with Gasteiger partial charge >= 0.3 is 11.9 Å². The van der Waals surface area contributed by atoms with Crippen LogP contribution >= 0.6 is 11.8 Å². The lowest BCUT2D eigenvalue weighted by atomic mass is 9.95. The number of benzene rings is 1. The summed E-state index contributed by atoms with van der Waals surface area (Å²) < 4.78 is 45.9. The summed E-state index contributed by atoms with van der Waals surface area (Å²) in [7, 11) is -1.56. The number of esters is 2. The highest BCUT2D eigenvalue weighted by Crippen LogP contribution is 2.52. The quantitative estimate of drug-likeness (QED) is 0.117. The minimum Gasteiger partial charge on any atom is -0.496 e. The number of methoxy groups -OCH3 is 2. The number of sulfone groups is 1. The van der Waals surface area contributed by atoms with E-state index in [9.17, 15) is 32.4 Å². The number of hydrogen-bond acceptors (Lipinski definition) is 13. The number of thioether (sulfide) groups is 1. The van der Waals surface area contributed by atoms with Gasteiger partial charge in [0.05, 0.1) is 20.6 Å². The third kappa shape index (κ3) is 5.97. The van der Waals surface area contributed by atoms with Crippen molar-refractivity contribution >= 4 is 57.6 Å². The van der Waals surface area contributed by atoms with E-state index in [1.54, 1.807) is 12.4 Å². The normalized spacial score (nSPS) is 30.0. The summed E-state index contributed by atoms with van der Waals surface area (Å²) in [6, 6.07) is -0.0531. The molecule has 6 rings (SSSR count). The van der Waals surface area contributed by atoms with E-state index in [0.29, 0.717) is 0 Å². The number of amides is 3. The molecular weight excluding hydrogens is 707 g/mol. The molecule has 5 aliphatic heterocycles. The van der Waals surface area contributed by atoms with Gasteiger partial charge in [-0.25, -0.2) is 18.0 Å². The molecule has 2 unspecified atom stereocenters. The Morgan fingerprint density at radius 3 is 2.10 bits per heavy atom. The van der Waals surface area contributed by atoms with Gasteiger partial charge in [-0.2, -0.15) is 0 Å². The Labute approximate surface area is 300 Å². The zero-order chi connectivity index (χ0) is 37.0. The smallest absolute Gasteiger partial charge is 0.333 e. The van der Waals surface area contributed by atoms with Gasteiger partial charge in [0.2, 0.25) is 12.7 Å². The average molecular weight is 750 g/mol. The van der Waals surface area contributed by atoms with E-state index < -0.39 is 79.4 Å². The first-order chi connectivity index (χ1) is 24.1. The summed E-state index contributed by atoms with van der Waals surface area (Å²) in [5, 5.41) is 0.559. The molecule has 6 atom stereocenters. The summed E-state index contributed by atoms with van der Waals surface area (Å²) in [5.74, 6) is -3.53. The molecule has 0 saturated carbocycles. The standard InChI is InChI=1S/C33H43N5O11S2/c1-32(2)23(37-26(40)21(28(37)50-32)34-16-36-14-9-7-8-10-15-36)30(42)48-17-49-31(43)24-33(3,4)51(44,45)29-22(27(41)38(24)29)35-25(39)20-18(46-5)12-11-13-19(20)47-6/h11-13,16,21-24,28-29H,7-10,14-15,17H2,1-6H3,(H,35,39)/t21?,22?,23-,24-,28+,29+/m0/s1. The molecule has 5 heterocycles. The summed E-state index contributed by atoms with van der Waals surface area (Å²) in [6.07, 6.45) is 6.23. The lowest BCUT2D eigenvalue weighted by molar-refractivity contribution is -0.181. The molecule has 16 nitrogen and oxygen atoms in total. The van der Waals surface area contributed by atoms with Gasteiger partial charge in [0, 0.05) is 17.8 Å². The van der Waals surface area contributed by atoms with E-state index in [4.69, 9.17) is 18.9 Å². The number of carbonyl (C=O) groups is 5. The number of likely N-dealkylation sites (tertiary alicyclic amines) is 1. The predicted molar refractivity (Wildman–Crippen MR) is 184 cm³/mol. The Hall–Kier alpha value is -4.06. The van der Waals surface area contributed by atoms with E-state index in [2.05, 4.69) is 15.2 Å². The van der Waals surface area contributed by atoms with Crippen molar-refractivity contribution in [3.63, 3.8) is 0 Å². The number of carbonyl (C=O) groups excluding carboxylic acids is 5. The second-order valence-corrected chi connectivity index (χ2v) is 18.5. The maximum Gasteiger partial charge on any atom is 0.333 e. The number of hydrogen-bond donors (Lipinski definition) is 1. The van der Waals surface area contributed by atoms with Crippen LogP contribution in [0.25, 0.3) is 0 Å². The fourth-order valence-electron chi connectivity index (χ4n) is 7.50. The predicted octanol–water partition coefficient (Wildman–Crippen LogP) is 0.925. The van der Waals surface area contributed by atoms with Crippen LogP contribution in [0.3, 0.4) is 0 Å². The van der Waals surface area contributed by atoms with Crippen LogP contribution in [0.4, 0.5) is 0 Å². The molecule has 5 aliphatic rings. The zero-order valence-corrected chi connectivity index (χ0v) is 31.0. The highest BCUT2D eigenvalue weighted by molar-refractivity contribution is 8.01. The van der Waals surface area contributed by atoms with E-state index in [0.717, 1.165) is 30.8 Å². The van der Waals surface area contributed by atoms with E-state index >= 15 is 0 Å². The molecule has 0 bridgehead atoms. The topological polar surface area (TPSA) is 191 Å². The highest BCUT2D eigenvalue weighted by Gasteiger charge is 2.73. The van der Waals surface area contributed by atoms with E-state index in [1.807, 2.05) is 13.8 Å². The lowest BCUT2D eigenvalue weighted by Gasteiger charge is -2.43. The Balaban J connectivity index is 1.08. The van der Waals surface area contributed by atoms with Crippen LogP contribution in [0, 0.1) is 0 Å². The van der Waals surface area contributed by atoms with E-state index in [-0.39, 0.29) is 28.3 Å². The minimum absolute atomic E-state index is 0.0349. The lowest BCUT2D eigenvalue weighted by Crippen LogP contribution is -2.72. The molecule has 1 N–H and O–H groups in total. The molecule has 1 aromatic carbocycles. The number of rotatable bonds is 10. The van der Waals surface area contributed by atoms with Gasteiger partial charge in [-0.05, 0) is 52.7 Å². The number of ether oxygens (including phenoxy) is 4. The van der Waals surface area contributed by atoms with Crippen molar-refractivity contribution in [3.05, 3.63) is 23.8 Å². The van der Waals surface area contributed by atoms with Crippen LogP contribution in [-0.2, 0) is 38.5 Å². The molecule has 0 aliphatic carbocycles. The van der Waals surface area contributed by atoms with Crippen molar-refractivity contribution in [2.45, 2.75) is 97.8 Å². The highest BCUT2D eigenvalue weighted by atomic mass is 32.2. The van der Waals surface area contributed by atoms with Gasteiger partial charge in [0.25, 0.3) is 11.8 Å². The zero-order valence-electron chi connectivity index (χ0n) is 29.3. The number of fused-ring (bicyclic) bond motifs is 2. The first-order valence-corrected chi connectivity index (χ1v) is 19.2. The summed E-state index contributed by atoms with van der Waals surface area (Å²) >= 11 is 1.44. The Bertz CT molecular complexity index is 1740. The molecule has 5 saturated heterocycles. The van der Waals surface area contributed by atoms with E-state index in [1.165, 1.54) is 69.7 Å². The Morgan fingerprint density at radius 1 is 0.922 bits per heavy atom. The second kappa shape index (κ2) is 13.5. The fraction of sp³-hybridized carbons (Fsp3) is 0.636. The number of aliphatic imine (C=N–C) groups is 1. The van der Waals surface area contributed by atoms with Gasteiger partial charge in [-0.15, -0.1) is 11.8 Å². The molecule has 51 heavy (non-hydrogen) atoms. The maximum absolute atomic E-state index is 13.7. The van der Waals surface area contributed by atoms with Gasteiger partial charge in [0.1, 0.15) is 45.3 Å². The maximum atomic E-state index is 13.7. The van der Waals surface area contributed by atoms with Crippen LogP contribution in [-0.4, -0.2) is 138 Å². The molecule has 0 spiro atoms. The summed E-state index contributed by atoms with van der Waals surface area (Å²) in [6.45, 7) is 7.11. The molecule has 0 aromatic heterocycles. The minimum atomic E-state index is -4.24. The van der Waals surface area contributed by atoms with Crippen LogP contribution < -0.4 is 14.8 Å². The molecule has 3 amide bonds. The van der Waals surface area contributed by atoms with Crippen molar-refractivity contribution in [2.24, 2.45) is 4.99 Å². The summed E-state index contributed by atoms with van der Waals surface area (Å²) in [5.41, 5.74) is -0.0349. The molecule has 278 valence electrons. The van der Waals surface area contributed by atoms with Crippen molar-refractivity contribution in [1.82, 2.24) is 20.0 Å².